The third-order valence-corrected chi connectivity index (χ3v) is 2.25. The van der Waals surface area contributed by atoms with Crippen molar-refractivity contribution < 1.29 is 14.4 Å². The minimum Gasteiger partial charge on any atom is -0.450 e. The van der Waals surface area contributed by atoms with E-state index in [1.807, 2.05) is 9.47 Å². The van der Waals surface area contributed by atoms with Crippen molar-refractivity contribution in [1.82, 2.24) is 0 Å². The first-order chi connectivity index (χ1) is 5.08. The van der Waals surface area contributed by atoms with Crippen LogP contribution in [0.25, 0.3) is 0 Å². The summed E-state index contributed by atoms with van der Waals surface area (Å²) in [5.41, 5.74) is 4.70. The Kier molecular flexibility index (Phi) is 2.47. The van der Waals surface area contributed by atoms with Crippen LogP contribution in [0.5, 0.6) is 0 Å². The summed E-state index contributed by atoms with van der Waals surface area (Å²) in [6, 6.07) is 0. The number of hydrogen-bond donors (Lipinski definition) is 2. The molecular formula is C6H12NO3P. The lowest BCUT2D eigenvalue weighted by atomic mass is 10.00. The van der Waals surface area contributed by atoms with Crippen LogP contribution in [0.2, 0.25) is 0 Å². The van der Waals surface area contributed by atoms with Crippen LogP contribution >= 0.6 is 9.47 Å². The molecule has 1 aliphatic carbocycles. The molecular weight excluding hydrogens is 165 g/mol. The highest BCUT2D eigenvalue weighted by atomic mass is 31.0. The number of nitrogens with two attached hydrogens (primary N) is 1. The first-order valence-electron chi connectivity index (χ1n) is 3.46. The summed E-state index contributed by atoms with van der Waals surface area (Å²) in [5, 5.41) is 9.11. The predicted molar refractivity (Wildman–Crippen MR) is 42.6 cm³/mol. The zero-order chi connectivity index (χ0) is 8.48. The average molecular weight is 177 g/mol. The second-order valence-electron chi connectivity index (χ2n) is 2.96. The molecule has 1 aliphatic rings. The van der Waals surface area contributed by atoms with E-state index in [2.05, 4.69) is 4.52 Å². The van der Waals surface area contributed by atoms with E-state index >= 15 is 0 Å². The fraction of sp³-hybridized carbons (Fsp3) is 0.833. The lowest BCUT2D eigenvalue weighted by molar-refractivity contribution is -0.139. The molecule has 0 heterocycles. The van der Waals surface area contributed by atoms with Gasteiger partial charge in [0.05, 0.1) is 15.6 Å². The van der Waals surface area contributed by atoms with Crippen LogP contribution in [0.4, 0.5) is 0 Å². The van der Waals surface area contributed by atoms with Crippen molar-refractivity contribution in [2.24, 2.45) is 5.73 Å². The summed E-state index contributed by atoms with van der Waals surface area (Å²) < 4.78 is 4.43. The average Bonchev–Trinajstić information content (AvgIpc) is 2.31. The van der Waals surface area contributed by atoms with E-state index < -0.39 is 17.6 Å². The zero-order valence-electron chi connectivity index (χ0n) is 6.12. The van der Waals surface area contributed by atoms with E-state index in [0.29, 0.717) is 19.3 Å². The number of rotatable bonds is 1. The molecule has 1 rings (SSSR count). The minimum atomic E-state index is -0.957. The van der Waals surface area contributed by atoms with Crippen molar-refractivity contribution in [2.75, 3.05) is 0 Å². The lowest BCUT2D eigenvalue weighted by Crippen LogP contribution is -2.46. The predicted octanol–water partition coefficient (Wildman–Crippen LogP) is -0.438. The SMILES string of the molecule is N[C@]1(C(=O)OP)CCC(O)C1. The summed E-state index contributed by atoms with van der Waals surface area (Å²) in [7, 11) is 1.87. The van der Waals surface area contributed by atoms with E-state index in [1.54, 1.807) is 0 Å². The van der Waals surface area contributed by atoms with E-state index in [4.69, 9.17) is 10.8 Å². The van der Waals surface area contributed by atoms with Gasteiger partial charge in [0, 0.05) is 6.42 Å². The van der Waals surface area contributed by atoms with Gasteiger partial charge >= 0.3 is 5.97 Å². The summed E-state index contributed by atoms with van der Waals surface area (Å²) >= 11 is 0. The molecule has 0 radical (unpaired) electrons. The molecule has 11 heavy (non-hydrogen) atoms. The van der Waals surface area contributed by atoms with Crippen molar-refractivity contribution >= 4 is 15.4 Å². The molecule has 0 bridgehead atoms. The van der Waals surface area contributed by atoms with Crippen LogP contribution in [0.1, 0.15) is 19.3 Å². The van der Waals surface area contributed by atoms with Gasteiger partial charge in [-0.05, 0) is 12.8 Å². The minimum absolute atomic E-state index is 0.306. The van der Waals surface area contributed by atoms with Crippen LogP contribution in [-0.4, -0.2) is 22.7 Å². The van der Waals surface area contributed by atoms with Crippen LogP contribution in [0.15, 0.2) is 0 Å². The molecule has 1 fully saturated rings. The maximum absolute atomic E-state index is 11.0. The first kappa shape index (κ1) is 8.91. The van der Waals surface area contributed by atoms with E-state index in [-0.39, 0.29) is 0 Å². The maximum Gasteiger partial charge on any atom is 0.328 e. The molecule has 0 saturated heterocycles. The summed E-state index contributed by atoms with van der Waals surface area (Å²) in [4.78, 5) is 11.0. The van der Waals surface area contributed by atoms with Gasteiger partial charge in [0.1, 0.15) is 5.54 Å². The molecule has 5 heteroatoms. The largest absolute Gasteiger partial charge is 0.450 e. The summed E-state index contributed by atoms with van der Waals surface area (Å²) in [6.07, 6.45) is 0.932. The molecule has 4 nitrogen and oxygen atoms in total. The smallest absolute Gasteiger partial charge is 0.328 e. The first-order valence-corrected chi connectivity index (χ1v) is 3.94. The summed E-state index contributed by atoms with van der Waals surface area (Å²) in [5.74, 6) is -0.459. The zero-order valence-corrected chi connectivity index (χ0v) is 7.27. The number of aliphatic hydroxyl groups is 1. The van der Waals surface area contributed by atoms with Crippen molar-refractivity contribution in [3.05, 3.63) is 0 Å². The van der Waals surface area contributed by atoms with E-state index in [9.17, 15) is 4.79 Å². The Morgan fingerprint density at radius 3 is 2.82 bits per heavy atom. The van der Waals surface area contributed by atoms with Gasteiger partial charge in [0.25, 0.3) is 0 Å². The van der Waals surface area contributed by atoms with E-state index in [1.165, 1.54) is 0 Å². The third-order valence-electron chi connectivity index (χ3n) is 2.04. The molecule has 2 unspecified atom stereocenters. The van der Waals surface area contributed by atoms with Gasteiger partial charge in [0.15, 0.2) is 0 Å². The van der Waals surface area contributed by atoms with Crippen LogP contribution in [0, 0.1) is 0 Å². The Hall–Kier alpha value is -0.180. The van der Waals surface area contributed by atoms with Gasteiger partial charge in [-0.1, -0.05) is 0 Å². The fourth-order valence-electron chi connectivity index (χ4n) is 1.35. The molecule has 0 aliphatic heterocycles. The summed E-state index contributed by atoms with van der Waals surface area (Å²) in [6.45, 7) is 0. The topological polar surface area (TPSA) is 72.6 Å². The highest BCUT2D eigenvalue weighted by Crippen LogP contribution is 2.29. The van der Waals surface area contributed by atoms with Gasteiger partial charge in [0.2, 0.25) is 0 Å². The van der Waals surface area contributed by atoms with Crippen LogP contribution in [0.3, 0.4) is 0 Å². The second-order valence-corrected chi connectivity index (χ2v) is 3.19. The molecule has 0 aromatic heterocycles. The third kappa shape index (κ3) is 1.70. The van der Waals surface area contributed by atoms with Crippen molar-refractivity contribution in [3.8, 4) is 0 Å². The van der Waals surface area contributed by atoms with Crippen molar-refractivity contribution in [3.63, 3.8) is 0 Å². The van der Waals surface area contributed by atoms with Gasteiger partial charge in [-0.3, -0.25) is 0 Å². The number of hydrogen-bond acceptors (Lipinski definition) is 4. The lowest BCUT2D eigenvalue weighted by Gasteiger charge is -2.19. The molecule has 0 spiro atoms. The van der Waals surface area contributed by atoms with Crippen molar-refractivity contribution in [1.29, 1.82) is 0 Å². The van der Waals surface area contributed by atoms with Crippen LogP contribution < -0.4 is 5.73 Å². The Morgan fingerprint density at radius 2 is 2.45 bits per heavy atom. The molecule has 64 valence electrons. The monoisotopic (exact) mass is 177 g/mol. The molecule has 0 aromatic carbocycles. The van der Waals surface area contributed by atoms with Gasteiger partial charge in [-0.2, -0.15) is 0 Å². The molecule has 3 atom stereocenters. The quantitative estimate of drug-likeness (QED) is 0.532. The Balaban J connectivity index is 2.61. The fourth-order valence-corrected chi connectivity index (χ4v) is 1.59. The Bertz CT molecular complexity index is 175. The molecule has 0 amide bonds. The highest BCUT2D eigenvalue weighted by molar-refractivity contribution is 7.10. The van der Waals surface area contributed by atoms with Gasteiger partial charge in [-0.25, -0.2) is 4.79 Å². The number of aliphatic hydroxyl groups excluding tert-OH is 1. The van der Waals surface area contributed by atoms with E-state index in [0.717, 1.165) is 0 Å². The normalized spacial score (nSPS) is 37.2. The molecule has 1 saturated carbocycles. The number of carbonyl (C=O) groups excluding carboxylic acids is 1. The Morgan fingerprint density at radius 1 is 1.82 bits per heavy atom. The maximum atomic E-state index is 11.0. The molecule has 3 N–H and O–H groups in total. The standard InChI is InChI=1S/C6H12NO3P/c7-6(5(9)10-11)2-1-4(8)3-6/h4,8H,1-3,7,11H2/t4?,6-/m1/s1. The van der Waals surface area contributed by atoms with Crippen LogP contribution in [-0.2, 0) is 9.32 Å². The number of carbonyl (C=O) groups is 1. The highest BCUT2D eigenvalue weighted by Gasteiger charge is 2.42. The Labute approximate surface area is 67.4 Å². The van der Waals surface area contributed by atoms with Gasteiger partial charge in [-0.15, -0.1) is 0 Å². The second kappa shape index (κ2) is 3.05. The van der Waals surface area contributed by atoms with Crippen molar-refractivity contribution in [2.45, 2.75) is 30.9 Å². The van der Waals surface area contributed by atoms with Gasteiger partial charge < -0.3 is 15.4 Å². The molecule has 0 aromatic rings.